The van der Waals surface area contributed by atoms with Crippen LogP contribution in [-0.4, -0.2) is 28.5 Å². The van der Waals surface area contributed by atoms with E-state index in [4.69, 9.17) is 4.98 Å². The highest BCUT2D eigenvalue weighted by Crippen LogP contribution is 2.31. The Morgan fingerprint density at radius 1 is 1.00 bits per heavy atom. The molecule has 0 spiro atoms. The Kier molecular flexibility index (Phi) is 6.84. The van der Waals surface area contributed by atoms with E-state index in [0.29, 0.717) is 5.56 Å². The number of pyridine rings is 1. The van der Waals surface area contributed by atoms with Gasteiger partial charge in [-0.25, -0.2) is 4.98 Å². The van der Waals surface area contributed by atoms with Crippen LogP contribution < -0.4 is 5.32 Å². The number of carboxylic acids is 1. The molecule has 0 aliphatic carbocycles. The molecule has 0 unspecified atom stereocenters. The summed E-state index contributed by atoms with van der Waals surface area (Å²) in [5.74, 6) is -1.48. The molecule has 4 aromatic rings. The largest absolute Gasteiger partial charge is 0.481 e. The van der Waals surface area contributed by atoms with E-state index < -0.39 is 5.97 Å². The summed E-state index contributed by atoms with van der Waals surface area (Å²) in [5, 5.41) is 13.1. The number of aliphatic carboxylic acids is 1. The highest BCUT2D eigenvalue weighted by Gasteiger charge is 2.22. The van der Waals surface area contributed by atoms with Crippen LogP contribution in [0.15, 0.2) is 83.3 Å². The van der Waals surface area contributed by atoms with Crippen molar-refractivity contribution in [2.75, 3.05) is 6.54 Å². The normalized spacial score (nSPS) is 11.8. The molecule has 1 aromatic heterocycles. The zero-order valence-electron chi connectivity index (χ0n) is 18.1. The first-order valence-corrected chi connectivity index (χ1v) is 11.4. The van der Waals surface area contributed by atoms with Crippen molar-refractivity contribution < 1.29 is 14.7 Å². The van der Waals surface area contributed by atoms with Crippen molar-refractivity contribution in [3.8, 4) is 11.3 Å². The molecular weight excluding hydrogens is 480 g/mol. The van der Waals surface area contributed by atoms with Gasteiger partial charge in [0, 0.05) is 27.9 Å². The second-order valence-corrected chi connectivity index (χ2v) is 8.82. The van der Waals surface area contributed by atoms with Crippen LogP contribution in [0, 0.1) is 6.92 Å². The molecule has 0 aliphatic rings. The van der Waals surface area contributed by atoms with Gasteiger partial charge in [-0.3, -0.25) is 9.59 Å². The molecule has 6 heteroatoms. The summed E-state index contributed by atoms with van der Waals surface area (Å²) in [4.78, 5) is 29.8. The maximum Gasteiger partial charge on any atom is 0.304 e. The van der Waals surface area contributed by atoms with E-state index in [1.54, 1.807) is 0 Å². The van der Waals surface area contributed by atoms with E-state index >= 15 is 0 Å². The van der Waals surface area contributed by atoms with Crippen LogP contribution in [0.4, 0.5) is 0 Å². The molecule has 0 saturated carbocycles. The van der Waals surface area contributed by atoms with Crippen LogP contribution in [0.1, 0.15) is 33.8 Å². The molecular formula is C27H23BrN2O3. The number of halogens is 1. The highest BCUT2D eigenvalue weighted by atomic mass is 79.9. The number of carboxylic acid groups (broad SMARTS) is 1. The number of nitrogens with one attached hydrogen (secondary N) is 1. The lowest BCUT2D eigenvalue weighted by Gasteiger charge is -2.19. The van der Waals surface area contributed by atoms with Crippen molar-refractivity contribution in [3.63, 3.8) is 0 Å². The van der Waals surface area contributed by atoms with Crippen LogP contribution >= 0.6 is 15.9 Å². The third-order valence-corrected chi connectivity index (χ3v) is 6.16. The fraction of sp³-hybridized carbons (Fsp3) is 0.148. The zero-order chi connectivity index (χ0) is 23.4. The van der Waals surface area contributed by atoms with Gasteiger partial charge in [0.1, 0.15) is 0 Å². The lowest BCUT2D eigenvalue weighted by molar-refractivity contribution is -0.137. The van der Waals surface area contributed by atoms with Crippen molar-refractivity contribution in [2.24, 2.45) is 0 Å². The number of aromatic nitrogens is 1. The number of carbonyl (C=O) groups excluding carboxylic acids is 1. The number of amides is 1. The Morgan fingerprint density at radius 2 is 1.67 bits per heavy atom. The second kappa shape index (κ2) is 9.96. The number of fused-ring (bicyclic) bond motifs is 1. The molecule has 2 N–H and O–H groups in total. The van der Waals surface area contributed by atoms with Gasteiger partial charge in [0.2, 0.25) is 0 Å². The average molecular weight is 503 g/mol. The van der Waals surface area contributed by atoms with Gasteiger partial charge in [-0.1, -0.05) is 76.6 Å². The number of nitrogens with zero attached hydrogens (tertiary/aromatic N) is 1. The third kappa shape index (κ3) is 5.12. The van der Waals surface area contributed by atoms with Crippen LogP contribution in [0.3, 0.4) is 0 Å². The minimum absolute atomic E-state index is 0.0683. The van der Waals surface area contributed by atoms with Gasteiger partial charge in [-0.05, 0) is 36.2 Å². The summed E-state index contributed by atoms with van der Waals surface area (Å²) in [6.45, 7) is 2.11. The average Bonchev–Trinajstić information content (AvgIpc) is 2.82. The predicted molar refractivity (Wildman–Crippen MR) is 133 cm³/mol. The molecule has 1 heterocycles. The third-order valence-electron chi connectivity index (χ3n) is 5.67. The SMILES string of the molecule is Cc1c(-c2ccccc2)nc2ccc(Br)cc2c1C(=O)NC[C@H](CC(=O)O)c1ccccc1. The summed E-state index contributed by atoms with van der Waals surface area (Å²) >= 11 is 3.50. The van der Waals surface area contributed by atoms with E-state index in [9.17, 15) is 14.7 Å². The van der Waals surface area contributed by atoms with Gasteiger partial charge in [-0.15, -0.1) is 0 Å². The molecule has 1 amide bonds. The lowest BCUT2D eigenvalue weighted by Crippen LogP contribution is -2.30. The first kappa shape index (κ1) is 22.7. The minimum atomic E-state index is -0.904. The molecule has 0 bridgehead atoms. The predicted octanol–water partition coefficient (Wildman–Crippen LogP) is 5.96. The van der Waals surface area contributed by atoms with Gasteiger partial charge < -0.3 is 10.4 Å². The smallest absolute Gasteiger partial charge is 0.304 e. The van der Waals surface area contributed by atoms with E-state index in [2.05, 4.69) is 21.2 Å². The molecule has 5 nitrogen and oxygen atoms in total. The summed E-state index contributed by atoms with van der Waals surface area (Å²) in [6, 6.07) is 24.9. The Labute approximate surface area is 200 Å². The van der Waals surface area contributed by atoms with Crippen LogP contribution in [0.5, 0.6) is 0 Å². The molecule has 0 radical (unpaired) electrons. The van der Waals surface area contributed by atoms with Crippen LogP contribution in [-0.2, 0) is 4.79 Å². The highest BCUT2D eigenvalue weighted by molar-refractivity contribution is 9.10. The summed E-state index contributed by atoms with van der Waals surface area (Å²) in [7, 11) is 0. The summed E-state index contributed by atoms with van der Waals surface area (Å²) in [5.41, 5.74) is 4.60. The molecule has 3 aromatic carbocycles. The Balaban J connectivity index is 1.73. The topological polar surface area (TPSA) is 79.3 Å². The van der Waals surface area contributed by atoms with Gasteiger partial charge in [-0.2, -0.15) is 0 Å². The molecule has 4 rings (SSSR count). The molecule has 166 valence electrons. The van der Waals surface area contributed by atoms with Gasteiger partial charge in [0.25, 0.3) is 5.91 Å². The lowest BCUT2D eigenvalue weighted by atomic mass is 9.94. The molecule has 0 saturated heterocycles. The standard InChI is InChI=1S/C27H23BrN2O3/c1-17-25(27(33)29-16-20(14-24(31)32)18-8-4-2-5-9-18)22-15-21(28)12-13-23(22)30-26(17)19-10-6-3-7-11-19/h2-13,15,20H,14,16H2,1H3,(H,29,33)(H,31,32)/t20-/m0/s1. The maximum absolute atomic E-state index is 13.5. The number of hydrogen-bond acceptors (Lipinski definition) is 3. The fourth-order valence-electron chi connectivity index (χ4n) is 4.05. The second-order valence-electron chi connectivity index (χ2n) is 7.90. The van der Waals surface area contributed by atoms with Crippen LogP contribution in [0.2, 0.25) is 0 Å². The first-order valence-electron chi connectivity index (χ1n) is 10.6. The zero-order valence-corrected chi connectivity index (χ0v) is 19.7. The molecule has 0 fully saturated rings. The first-order chi connectivity index (χ1) is 15.9. The van der Waals surface area contributed by atoms with Crippen molar-refractivity contribution in [3.05, 3.63) is 100 Å². The van der Waals surface area contributed by atoms with Crippen molar-refractivity contribution in [1.82, 2.24) is 10.3 Å². The quantitative estimate of drug-likeness (QED) is 0.326. The van der Waals surface area contributed by atoms with Crippen molar-refractivity contribution >= 4 is 38.7 Å². The number of benzene rings is 3. The molecule has 0 aliphatic heterocycles. The molecule has 1 atom stereocenters. The maximum atomic E-state index is 13.5. The van der Waals surface area contributed by atoms with Gasteiger partial charge >= 0.3 is 5.97 Å². The van der Waals surface area contributed by atoms with E-state index in [1.165, 1.54) is 0 Å². The van der Waals surface area contributed by atoms with Crippen molar-refractivity contribution in [1.29, 1.82) is 0 Å². The fourth-order valence-corrected chi connectivity index (χ4v) is 4.41. The Hall–Kier alpha value is -3.51. The minimum Gasteiger partial charge on any atom is -0.481 e. The van der Waals surface area contributed by atoms with E-state index in [1.807, 2.05) is 85.8 Å². The van der Waals surface area contributed by atoms with Gasteiger partial charge in [0.15, 0.2) is 0 Å². The van der Waals surface area contributed by atoms with E-state index in [-0.39, 0.29) is 24.8 Å². The summed E-state index contributed by atoms with van der Waals surface area (Å²) < 4.78 is 0.853. The summed E-state index contributed by atoms with van der Waals surface area (Å²) in [6.07, 6.45) is -0.0683. The van der Waals surface area contributed by atoms with Crippen LogP contribution in [0.25, 0.3) is 22.2 Å². The Morgan fingerprint density at radius 3 is 2.33 bits per heavy atom. The van der Waals surface area contributed by atoms with E-state index in [0.717, 1.165) is 37.8 Å². The van der Waals surface area contributed by atoms with Crippen molar-refractivity contribution in [2.45, 2.75) is 19.3 Å². The number of rotatable bonds is 7. The monoisotopic (exact) mass is 502 g/mol. The number of carbonyl (C=O) groups is 2. The Bertz CT molecular complexity index is 1310. The molecule has 33 heavy (non-hydrogen) atoms. The number of hydrogen-bond donors (Lipinski definition) is 2. The van der Waals surface area contributed by atoms with Gasteiger partial charge in [0.05, 0.1) is 23.2 Å².